The quantitative estimate of drug-likeness (QED) is 0.633. The van der Waals surface area contributed by atoms with Crippen LogP contribution in [0.1, 0.15) is 11.1 Å². The molecule has 0 aliphatic heterocycles. The van der Waals surface area contributed by atoms with Gasteiger partial charge in [0.2, 0.25) is 5.88 Å². The fourth-order valence-corrected chi connectivity index (χ4v) is 2.72. The van der Waals surface area contributed by atoms with Crippen molar-refractivity contribution in [3.8, 4) is 22.9 Å². The number of aromatic hydroxyl groups is 1. The molecule has 2 N–H and O–H groups in total. The van der Waals surface area contributed by atoms with Crippen LogP contribution in [0, 0.1) is 5.82 Å². The van der Waals surface area contributed by atoms with E-state index in [1.165, 1.54) is 6.07 Å². The Hall–Kier alpha value is -2.92. The predicted octanol–water partition coefficient (Wildman–Crippen LogP) is 3.93. The highest BCUT2D eigenvalue weighted by Crippen LogP contribution is 2.26. The molecule has 0 amide bonds. The third kappa shape index (κ3) is 4.37. The van der Waals surface area contributed by atoms with Crippen LogP contribution in [0.5, 0.6) is 11.6 Å². The van der Waals surface area contributed by atoms with Crippen LogP contribution in [0.2, 0.25) is 0 Å². The van der Waals surface area contributed by atoms with E-state index in [0.717, 1.165) is 16.8 Å². The van der Waals surface area contributed by atoms with Crippen LogP contribution in [-0.4, -0.2) is 23.7 Å². The van der Waals surface area contributed by atoms with Crippen LogP contribution in [0.15, 0.2) is 60.7 Å². The fourth-order valence-electron chi connectivity index (χ4n) is 2.72. The number of methoxy groups -OCH3 is 1. The zero-order valence-electron chi connectivity index (χ0n) is 14.6. The first kappa shape index (κ1) is 17.9. The lowest BCUT2D eigenvalue weighted by Gasteiger charge is -2.10. The number of hydrogen-bond acceptors (Lipinski definition) is 4. The molecule has 0 saturated heterocycles. The van der Waals surface area contributed by atoms with Crippen molar-refractivity contribution in [2.24, 2.45) is 0 Å². The van der Waals surface area contributed by atoms with Crippen molar-refractivity contribution in [1.29, 1.82) is 0 Å². The van der Waals surface area contributed by atoms with Gasteiger partial charge in [0, 0.05) is 23.7 Å². The first-order valence-corrected chi connectivity index (χ1v) is 8.45. The van der Waals surface area contributed by atoms with Crippen LogP contribution < -0.4 is 10.1 Å². The second-order valence-electron chi connectivity index (χ2n) is 5.93. The number of nitrogens with zero attached hydrogens (tertiary/aromatic N) is 1. The summed E-state index contributed by atoms with van der Waals surface area (Å²) in [7, 11) is 1.58. The Morgan fingerprint density at radius 2 is 1.88 bits per heavy atom. The second kappa shape index (κ2) is 8.45. The molecule has 0 spiro atoms. The monoisotopic (exact) mass is 352 g/mol. The van der Waals surface area contributed by atoms with E-state index in [1.807, 2.05) is 30.3 Å². The summed E-state index contributed by atoms with van der Waals surface area (Å²) in [5.41, 5.74) is 3.11. The van der Waals surface area contributed by atoms with Crippen molar-refractivity contribution >= 4 is 0 Å². The number of halogens is 1. The van der Waals surface area contributed by atoms with Crippen molar-refractivity contribution in [3.63, 3.8) is 0 Å². The van der Waals surface area contributed by atoms with Crippen molar-refractivity contribution in [2.75, 3.05) is 13.7 Å². The molecule has 0 saturated carbocycles. The molecule has 134 valence electrons. The molecule has 4 nitrogen and oxygen atoms in total. The van der Waals surface area contributed by atoms with Gasteiger partial charge in [0.1, 0.15) is 11.6 Å². The van der Waals surface area contributed by atoms with Gasteiger partial charge in [0.25, 0.3) is 0 Å². The minimum atomic E-state index is -0.191. The molecule has 0 radical (unpaired) electrons. The van der Waals surface area contributed by atoms with E-state index in [4.69, 9.17) is 4.74 Å². The van der Waals surface area contributed by atoms with Gasteiger partial charge in [-0.15, -0.1) is 0 Å². The fraction of sp³-hybridized carbons (Fsp3) is 0.190. The van der Waals surface area contributed by atoms with Gasteiger partial charge in [-0.05, 0) is 48.9 Å². The summed E-state index contributed by atoms with van der Waals surface area (Å²) in [5, 5.41) is 13.3. The molecule has 3 aromatic rings. The Morgan fingerprint density at radius 1 is 1.04 bits per heavy atom. The van der Waals surface area contributed by atoms with E-state index in [-0.39, 0.29) is 11.6 Å². The number of ether oxygens (including phenoxy) is 1. The molecule has 1 aromatic heterocycles. The Bertz CT molecular complexity index is 883. The summed E-state index contributed by atoms with van der Waals surface area (Å²) in [5.74, 6) is 0.568. The van der Waals surface area contributed by atoms with E-state index in [1.54, 1.807) is 31.4 Å². The molecule has 2 aromatic carbocycles. The standard InChI is InChI=1S/C21H21FN2O2/c1-26-21-8-4-7-19(24-21)16-9-10-20(25)17(13-16)14-23-12-11-15-5-2-3-6-18(15)22/h2-10,13,23,25H,11-12,14H2,1H3. The van der Waals surface area contributed by atoms with Crippen molar-refractivity contribution < 1.29 is 14.2 Å². The van der Waals surface area contributed by atoms with Gasteiger partial charge in [0.15, 0.2) is 0 Å². The molecule has 0 fully saturated rings. The summed E-state index contributed by atoms with van der Waals surface area (Å²) in [4.78, 5) is 4.41. The van der Waals surface area contributed by atoms with Gasteiger partial charge in [-0.25, -0.2) is 9.37 Å². The van der Waals surface area contributed by atoms with E-state index < -0.39 is 0 Å². The number of hydrogen-bond donors (Lipinski definition) is 2. The van der Waals surface area contributed by atoms with Gasteiger partial charge in [-0.1, -0.05) is 24.3 Å². The Morgan fingerprint density at radius 3 is 2.69 bits per heavy atom. The van der Waals surface area contributed by atoms with Gasteiger partial charge in [0.05, 0.1) is 12.8 Å². The number of benzene rings is 2. The molecule has 5 heteroatoms. The van der Waals surface area contributed by atoms with Gasteiger partial charge in [-0.3, -0.25) is 0 Å². The van der Waals surface area contributed by atoms with E-state index in [2.05, 4.69) is 10.3 Å². The van der Waals surface area contributed by atoms with Crippen LogP contribution >= 0.6 is 0 Å². The lowest BCUT2D eigenvalue weighted by molar-refractivity contribution is 0.398. The maximum absolute atomic E-state index is 13.6. The summed E-state index contributed by atoms with van der Waals surface area (Å²) in [6.07, 6.45) is 0.588. The van der Waals surface area contributed by atoms with E-state index >= 15 is 0 Å². The smallest absolute Gasteiger partial charge is 0.213 e. The van der Waals surface area contributed by atoms with E-state index in [9.17, 15) is 9.50 Å². The van der Waals surface area contributed by atoms with Crippen LogP contribution in [0.25, 0.3) is 11.3 Å². The maximum Gasteiger partial charge on any atom is 0.213 e. The van der Waals surface area contributed by atoms with Crippen LogP contribution in [0.4, 0.5) is 4.39 Å². The van der Waals surface area contributed by atoms with Crippen LogP contribution in [0.3, 0.4) is 0 Å². The first-order chi connectivity index (χ1) is 12.7. The normalized spacial score (nSPS) is 10.7. The van der Waals surface area contributed by atoms with Gasteiger partial charge >= 0.3 is 0 Å². The van der Waals surface area contributed by atoms with E-state index in [0.29, 0.717) is 31.0 Å². The average Bonchev–Trinajstić information content (AvgIpc) is 2.68. The zero-order chi connectivity index (χ0) is 18.4. The predicted molar refractivity (Wildman–Crippen MR) is 99.7 cm³/mol. The molecule has 26 heavy (non-hydrogen) atoms. The summed E-state index contributed by atoms with van der Waals surface area (Å²) < 4.78 is 18.8. The third-order valence-electron chi connectivity index (χ3n) is 4.15. The van der Waals surface area contributed by atoms with Crippen molar-refractivity contribution in [1.82, 2.24) is 10.3 Å². The Labute approximate surface area is 152 Å². The average molecular weight is 352 g/mol. The highest BCUT2D eigenvalue weighted by molar-refractivity contribution is 5.62. The van der Waals surface area contributed by atoms with Gasteiger partial charge in [-0.2, -0.15) is 0 Å². The molecular formula is C21H21FN2O2. The second-order valence-corrected chi connectivity index (χ2v) is 5.93. The third-order valence-corrected chi connectivity index (χ3v) is 4.15. The van der Waals surface area contributed by atoms with Crippen molar-refractivity contribution in [2.45, 2.75) is 13.0 Å². The molecule has 0 bridgehead atoms. The topological polar surface area (TPSA) is 54.4 Å². The number of phenolic OH excluding ortho intramolecular Hbond substituents is 1. The molecule has 3 rings (SSSR count). The Kier molecular flexibility index (Phi) is 5.81. The van der Waals surface area contributed by atoms with Crippen LogP contribution in [-0.2, 0) is 13.0 Å². The molecule has 1 heterocycles. The highest BCUT2D eigenvalue weighted by Gasteiger charge is 2.07. The zero-order valence-corrected chi connectivity index (χ0v) is 14.6. The van der Waals surface area contributed by atoms with Crippen molar-refractivity contribution in [3.05, 3.63) is 77.6 Å². The summed E-state index contributed by atoms with van der Waals surface area (Å²) in [6, 6.07) is 17.7. The maximum atomic E-state index is 13.6. The molecule has 0 aliphatic carbocycles. The number of aromatic nitrogens is 1. The minimum absolute atomic E-state index is 0.191. The lowest BCUT2D eigenvalue weighted by Crippen LogP contribution is -2.17. The molecule has 0 atom stereocenters. The van der Waals surface area contributed by atoms with Gasteiger partial charge < -0.3 is 15.2 Å². The number of nitrogens with one attached hydrogen (secondary N) is 1. The summed E-state index contributed by atoms with van der Waals surface area (Å²) >= 11 is 0. The first-order valence-electron chi connectivity index (χ1n) is 8.45. The lowest BCUT2D eigenvalue weighted by atomic mass is 10.1. The Balaban J connectivity index is 1.65. The molecule has 0 aliphatic rings. The minimum Gasteiger partial charge on any atom is -0.508 e. The number of phenols is 1. The molecular weight excluding hydrogens is 331 g/mol. The number of rotatable bonds is 7. The summed E-state index contributed by atoms with van der Waals surface area (Å²) in [6.45, 7) is 1.10. The molecule has 0 unspecified atom stereocenters. The largest absolute Gasteiger partial charge is 0.508 e. The number of pyridine rings is 1. The SMILES string of the molecule is COc1cccc(-c2ccc(O)c(CNCCc3ccccc3F)c2)n1. The highest BCUT2D eigenvalue weighted by atomic mass is 19.1.